The maximum Gasteiger partial charge on any atom is 0.236 e. The molecule has 1 saturated heterocycles. The minimum Gasteiger partial charge on any atom is -0.392 e. The van der Waals surface area contributed by atoms with Crippen molar-refractivity contribution in [1.29, 1.82) is 0 Å². The summed E-state index contributed by atoms with van der Waals surface area (Å²) in [6, 6.07) is 3.93. The summed E-state index contributed by atoms with van der Waals surface area (Å²) in [4.78, 5) is 20.6. The Kier molecular flexibility index (Phi) is 6.24. The number of piperidine rings is 1. The number of hydrogen-bond donors (Lipinski definition) is 2. The van der Waals surface area contributed by atoms with Crippen molar-refractivity contribution >= 4 is 5.91 Å². The molecular weight excluding hydrogens is 332 g/mol. The van der Waals surface area contributed by atoms with Gasteiger partial charge in [-0.25, -0.2) is 0 Å². The van der Waals surface area contributed by atoms with Gasteiger partial charge in [0.25, 0.3) is 0 Å². The third-order valence-corrected chi connectivity index (χ3v) is 5.83. The summed E-state index contributed by atoms with van der Waals surface area (Å²) in [6.07, 6.45) is 5.56. The van der Waals surface area contributed by atoms with Gasteiger partial charge in [-0.2, -0.15) is 0 Å². The second-order valence-electron chi connectivity index (χ2n) is 7.54. The van der Waals surface area contributed by atoms with Crippen molar-refractivity contribution in [2.75, 3.05) is 39.8 Å². The summed E-state index contributed by atoms with van der Waals surface area (Å²) in [6.45, 7) is 3.51. The van der Waals surface area contributed by atoms with Crippen LogP contribution in [0.2, 0.25) is 0 Å². The van der Waals surface area contributed by atoms with Crippen LogP contribution in [0.15, 0.2) is 24.5 Å². The predicted molar refractivity (Wildman–Crippen MR) is 98.2 cm³/mol. The first-order valence-electron chi connectivity index (χ1n) is 9.40. The molecule has 7 nitrogen and oxygen atoms in total. The molecule has 1 saturated carbocycles. The molecule has 1 aromatic heterocycles. The Labute approximate surface area is 155 Å². The molecular formula is C19H30N4O3. The quantitative estimate of drug-likeness (QED) is 0.721. The molecule has 7 heteroatoms. The van der Waals surface area contributed by atoms with E-state index in [0.717, 1.165) is 24.9 Å². The van der Waals surface area contributed by atoms with Crippen LogP contribution in [0, 0.1) is 5.41 Å². The lowest BCUT2D eigenvalue weighted by atomic mass is 9.58. The van der Waals surface area contributed by atoms with Gasteiger partial charge in [-0.05, 0) is 37.6 Å². The van der Waals surface area contributed by atoms with Crippen molar-refractivity contribution in [2.45, 2.75) is 38.0 Å². The van der Waals surface area contributed by atoms with Crippen LogP contribution in [-0.4, -0.2) is 77.8 Å². The molecule has 26 heavy (non-hydrogen) atoms. The number of pyridine rings is 1. The fourth-order valence-electron chi connectivity index (χ4n) is 4.18. The average molecular weight is 362 g/mol. The molecule has 3 rings (SSSR count). The predicted octanol–water partition coefficient (Wildman–Crippen LogP) is 0.231. The van der Waals surface area contributed by atoms with Crippen LogP contribution < -0.4 is 5.73 Å². The molecule has 0 aromatic carbocycles. The Morgan fingerprint density at radius 1 is 1.42 bits per heavy atom. The molecule has 2 aliphatic rings. The summed E-state index contributed by atoms with van der Waals surface area (Å²) in [5.41, 5.74) is 6.48. The van der Waals surface area contributed by atoms with Gasteiger partial charge in [-0.1, -0.05) is 0 Å². The van der Waals surface area contributed by atoms with Crippen molar-refractivity contribution in [3.05, 3.63) is 30.1 Å². The van der Waals surface area contributed by atoms with Crippen molar-refractivity contribution in [1.82, 2.24) is 14.8 Å². The van der Waals surface area contributed by atoms with Gasteiger partial charge in [0.05, 0.1) is 25.4 Å². The molecule has 1 aliphatic carbocycles. The van der Waals surface area contributed by atoms with E-state index in [1.54, 1.807) is 12.4 Å². The Balaban J connectivity index is 1.47. The van der Waals surface area contributed by atoms with Crippen LogP contribution in [-0.2, 0) is 16.1 Å². The van der Waals surface area contributed by atoms with Gasteiger partial charge >= 0.3 is 0 Å². The van der Waals surface area contributed by atoms with E-state index < -0.39 is 0 Å². The number of carbonyl (C=O) groups excluding carboxylic acids is 1. The topological polar surface area (TPSA) is 91.9 Å². The summed E-state index contributed by atoms with van der Waals surface area (Å²) in [5, 5.41) is 10.3. The largest absolute Gasteiger partial charge is 0.392 e. The van der Waals surface area contributed by atoms with E-state index in [1.807, 2.05) is 29.0 Å². The standard InChI is InChI=1S/C19H30N4O3/c1-22(13-15-2-7-21-8-3-15)14-18(25)23-9-4-19(5-10-23)16(24)12-17(19)26-11-6-20/h2-3,7-8,16-17,24H,4-6,9-14,20H2,1H3/t16-,17+/m1/s1. The molecule has 1 spiro atoms. The van der Waals surface area contributed by atoms with Gasteiger partial charge in [0, 0.05) is 50.4 Å². The minimum atomic E-state index is -0.322. The minimum absolute atomic E-state index is 0.0765. The third kappa shape index (κ3) is 4.06. The van der Waals surface area contributed by atoms with Crippen LogP contribution in [0.3, 0.4) is 0 Å². The Bertz CT molecular complexity index is 590. The lowest BCUT2D eigenvalue weighted by molar-refractivity contribution is -0.210. The lowest BCUT2D eigenvalue weighted by Gasteiger charge is -2.56. The average Bonchev–Trinajstić information content (AvgIpc) is 2.65. The van der Waals surface area contributed by atoms with Crippen LogP contribution in [0.25, 0.3) is 0 Å². The van der Waals surface area contributed by atoms with E-state index in [2.05, 4.69) is 4.98 Å². The van der Waals surface area contributed by atoms with E-state index in [4.69, 9.17) is 10.5 Å². The number of aromatic nitrogens is 1. The smallest absolute Gasteiger partial charge is 0.236 e. The van der Waals surface area contributed by atoms with E-state index in [1.165, 1.54) is 0 Å². The molecule has 1 aromatic rings. The first-order valence-corrected chi connectivity index (χ1v) is 9.40. The zero-order chi connectivity index (χ0) is 18.6. The highest BCUT2D eigenvalue weighted by Crippen LogP contribution is 2.50. The van der Waals surface area contributed by atoms with Crippen molar-refractivity contribution in [3.8, 4) is 0 Å². The maximum absolute atomic E-state index is 12.6. The lowest BCUT2D eigenvalue weighted by Crippen LogP contribution is -2.63. The number of carbonyl (C=O) groups is 1. The number of hydrogen-bond acceptors (Lipinski definition) is 6. The zero-order valence-electron chi connectivity index (χ0n) is 15.5. The first kappa shape index (κ1) is 19.2. The van der Waals surface area contributed by atoms with Gasteiger partial charge in [0.2, 0.25) is 5.91 Å². The Morgan fingerprint density at radius 3 is 2.73 bits per heavy atom. The van der Waals surface area contributed by atoms with E-state index in [0.29, 0.717) is 39.2 Å². The summed E-state index contributed by atoms with van der Waals surface area (Å²) in [7, 11) is 1.95. The van der Waals surface area contributed by atoms with Crippen LogP contribution in [0.4, 0.5) is 0 Å². The number of likely N-dealkylation sites (N-methyl/N-ethyl adjacent to an activating group) is 1. The molecule has 3 N–H and O–H groups in total. The molecule has 2 heterocycles. The fourth-order valence-corrected chi connectivity index (χ4v) is 4.18. The number of aliphatic hydroxyl groups is 1. The van der Waals surface area contributed by atoms with Gasteiger partial charge < -0.3 is 20.5 Å². The highest BCUT2D eigenvalue weighted by molar-refractivity contribution is 5.78. The van der Waals surface area contributed by atoms with Gasteiger partial charge in [0.1, 0.15) is 0 Å². The van der Waals surface area contributed by atoms with E-state index in [-0.39, 0.29) is 23.5 Å². The number of ether oxygens (including phenoxy) is 1. The maximum atomic E-state index is 12.6. The molecule has 2 fully saturated rings. The molecule has 1 amide bonds. The normalized spacial score (nSPS) is 24.7. The molecule has 144 valence electrons. The molecule has 2 atom stereocenters. The first-order chi connectivity index (χ1) is 12.5. The third-order valence-electron chi connectivity index (χ3n) is 5.83. The number of nitrogens with two attached hydrogens (primary N) is 1. The van der Waals surface area contributed by atoms with Crippen LogP contribution in [0.1, 0.15) is 24.8 Å². The number of nitrogens with zero attached hydrogens (tertiary/aromatic N) is 3. The number of amides is 1. The molecule has 0 radical (unpaired) electrons. The fraction of sp³-hybridized carbons (Fsp3) is 0.684. The second kappa shape index (κ2) is 8.43. The Morgan fingerprint density at radius 2 is 2.12 bits per heavy atom. The summed E-state index contributed by atoms with van der Waals surface area (Å²) < 4.78 is 5.82. The molecule has 1 aliphatic heterocycles. The number of likely N-dealkylation sites (tertiary alicyclic amines) is 1. The van der Waals surface area contributed by atoms with E-state index >= 15 is 0 Å². The molecule has 0 bridgehead atoms. The summed E-state index contributed by atoms with van der Waals surface area (Å²) in [5.74, 6) is 0.143. The number of aliphatic hydroxyl groups excluding tert-OH is 1. The second-order valence-corrected chi connectivity index (χ2v) is 7.54. The van der Waals surface area contributed by atoms with Crippen molar-refractivity contribution in [2.24, 2.45) is 11.1 Å². The molecule has 0 unspecified atom stereocenters. The van der Waals surface area contributed by atoms with Crippen LogP contribution >= 0.6 is 0 Å². The van der Waals surface area contributed by atoms with Crippen molar-refractivity contribution < 1.29 is 14.6 Å². The monoisotopic (exact) mass is 362 g/mol. The number of rotatable bonds is 7. The SMILES string of the molecule is CN(CC(=O)N1CCC2(CC1)[C@H](O)C[C@@H]2OCCN)Cc1ccncc1. The Hall–Kier alpha value is -1.54. The highest BCUT2D eigenvalue weighted by atomic mass is 16.5. The van der Waals surface area contributed by atoms with Gasteiger partial charge in [-0.3, -0.25) is 14.7 Å². The zero-order valence-corrected chi connectivity index (χ0v) is 15.5. The van der Waals surface area contributed by atoms with Gasteiger partial charge in [-0.15, -0.1) is 0 Å². The van der Waals surface area contributed by atoms with Gasteiger partial charge in [0.15, 0.2) is 0 Å². The summed E-state index contributed by atoms with van der Waals surface area (Å²) >= 11 is 0. The highest BCUT2D eigenvalue weighted by Gasteiger charge is 2.56. The van der Waals surface area contributed by atoms with Crippen molar-refractivity contribution in [3.63, 3.8) is 0 Å². The van der Waals surface area contributed by atoms with E-state index in [9.17, 15) is 9.90 Å². The van der Waals surface area contributed by atoms with Crippen LogP contribution in [0.5, 0.6) is 0 Å².